The molecule has 3 aromatic heterocycles. The monoisotopic (exact) mass is 534 g/mol. The molecule has 1 atom stereocenters. The third-order valence-corrected chi connectivity index (χ3v) is 7.66. The average molecular weight is 535 g/mol. The normalized spacial score (nSPS) is 21.3. The maximum Gasteiger partial charge on any atom is 0.201 e. The van der Waals surface area contributed by atoms with E-state index in [9.17, 15) is 0 Å². The first-order valence-corrected chi connectivity index (χ1v) is 13.5. The number of hydrogen-bond acceptors (Lipinski definition) is 8. The van der Waals surface area contributed by atoms with Gasteiger partial charge in [-0.15, -0.1) is 15.3 Å². The van der Waals surface area contributed by atoms with Crippen LogP contribution < -0.4 is 10.1 Å². The average Bonchev–Trinajstić information content (AvgIpc) is 3.55. The van der Waals surface area contributed by atoms with Crippen molar-refractivity contribution in [2.24, 2.45) is 0 Å². The number of aromatic nitrogens is 7. The van der Waals surface area contributed by atoms with Crippen LogP contribution in [0.25, 0.3) is 33.5 Å². The molecule has 2 aliphatic rings. The van der Waals surface area contributed by atoms with E-state index in [0.717, 1.165) is 32.1 Å². The van der Waals surface area contributed by atoms with Gasteiger partial charge >= 0.3 is 0 Å². The highest BCUT2D eigenvalue weighted by atomic mass is 19.1. The minimum atomic E-state index is -0.403. The molecule has 0 bridgehead atoms. The Morgan fingerprint density at radius 2 is 1.82 bits per heavy atom. The van der Waals surface area contributed by atoms with Crippen molar-refractivity contribution in [1.29, 1.82) is 0 Å². The number of nitrogens with zero attached hydrogens (tertiary/aromatic N) is 7. The second kappa shape index (κ2) is 9.63. The molecule has 2 fully saturated rings. The summed E-state index contributed by atoms with van der Waals surface area (Å²) in [6, 6.07) is 5.03. The van der Waals surface area contributed by atoms with Crippen LogP contribution in [0.15, 0.2) is 30.6 Å². The third-order valence-electron chi connectivity index (χ3n) is 7.66. The minimum Gasteiger partial charge on any atom is -0.496 e. The van der Waals surface area contributed by atoms with Crippen LogP contribution in [0.2, 0.25) is 0 Å². The first-order chi connectivity index (χ1) is 18.6. The van der Waals surface area contributed by atoms with E-state index in [4.69, 9.17) is 9.47 Å². The molecule has 206 valence electrons. The molecule has 2 aliphatic heterocycles. The van der Waals surface area contributed by atoms with Crippen LogP contribution in [-0.4, -0.2) is 59.8 Å². The number of fused-ring (bicyclic) bond motifs is 1. The van der Waals surface area contributed by atoms with Crippen molar-refractivity contribution in [2.45, 2.75) is 83.1 Å². The molecule has 4 aromatic rings. The van der Waals surface area contributed by atoms with Crippen LogP contribution in [0.3, 0.4) is 0 Å². The molecule has 1 unspecified atom stereocenters. The Bertz CT molecular complexity index is 1490. The van der Waals surface area contributed by atoms with Gasteiger partial charge in [-0.25, -0.2) is 13.8 Å². The van der Waals surface area contributed by atoms with Gasteiger partial charge in [0.1, 0.15) is 23.3 Å². The van der Waals surface area contributed by atoms with Crippen molar-refractivity contribution in [3.8, 4) is 28.1 Å². The first kappa shape index (κ1) is 25.8. The quantitative estimate of drug-likeness (QED) is 0.378. The number of ether oxygens (including phenoxy) is 2. The Kier molecular flexibility index (Phi) is 6.38. The van der Waals surface area contributed by atoms with E-state index in [-0.39, 0.29) is 23.3 Å². The number of piperidine rings is 1. The van der Waals surface area contributed by atoms with Gasteiger partial charge < -0.3 is 14.8 Å². The summed E-state index contributed by atoms with van der Waals surface area (Å²) in [6.45, 7) is 9.50. The molecule has 0 aliphatic carbocycles. The van der Waals surface area contributed by atoms with Gasteiger partial charge in [-0.05, 0) is 78.0 Å². The van der Waals surface area contributed by atoms with Crippen molar-refractivity contribution in [3.63, 3.8) is 0 Å². The van der Waals surface area contributed by atoms with Crippen molar-refractivity contribution in [1.82, 2.24) is 40.3 Å². The summed E-state index contributed by atoms with van der Waals surface area (Å²) in [7, 11) is 1.56. The fourth-order valence-corrected chi connectivity index (χ4v) is 6.28. The van der Waals surface area contributed by atoms with Crippen LogP contribution in [0, 0.1) is 5.82 Å². The summed E-state index contributed by atoms with van der Waals surface area (Å²) in [5.74, 6) is 0.0793. The Morgan fingerprint density at radius 3 is 2.54 bits per heavy atom. The number of nitrogens with one attached hydrogen (secondary N) is 1. The van der Waals surface area contributed by atoms with E-state index >= 15 is 4.39 Å². The highest BCUT2D eigenvalue weighted by Crippen LogP contribution is 2.38. The lowest BCUT2D eigenvalue weighted by Gasteiger charge is -2.46. The van der Waals surface area contributed by atoms with E-state index in [0.29, 0.717) is 45.9 Å². The van der Waals surface area contributed by atoms with Gasteiger partial charge in [0.25, 0.3) is 0 Å². The van der Waals surface area contributed by atoms with Crippen LogP contribution in [0.5, 0.6) is 5.75 Å². The number of methoxy groups -OCH3 is 1. The molecular weight excluding hydrogens is 499 g/mol. The predicted octanol–water partition coefficient (Wildman–Crippen LogP) is 5.08. The second-order valence-electron chi connectivity index (χ2n) is 12.0. The van der Waals surface area contributed by atoms with Gasteiger partial charge in [-0.3, -0.25) is 0 Å². The first-order valence-electron chi connectivity index (χ1n) is 13.5. The number of halogens is 1. The van der Waals surface area contributed by atoms with E-state index < -0.39 is 5.82 Å². The smallest absolute Gasteiger partial charge is 0.201 e. The van der Waals surface area contributed by atoms with Gasteiger partial charge in [0.2, 0.25) is 5.65 Å². The molecule has 5 heterocycles. The van der Waals surface area contributed by atoms with E-state index in [2.05, 4.69) is 58.6 Å². The van der Waals surface area contributed by atoms with Gasteiger partial charge in [-0.2, -0.15) is 5.10 Å². The maximum atomic E-state index is 15.5. The van der Waals surface area contributed by atoms with Crippen molar-refractivity contribution in [2.75, 3.05) is 13.7 Å². The molecule has 0 saturated carbocycles. The molecule has 0 spiro atoms. The number of hydrogen-bond donors (Lipinski definition) is 1. The maximum absolute atomic E-state index is 15.5. The third kappa shape index (κ3) is 5.00. The Balaban J connectivity index is 1.31. The highest BCUT2D eigenvalue weighted by Gasteiger charge is 2.39. The highest BCUT2D eigenvalue weighted by molar-refractivity contribution is 5.79. The van der Waals surface area contributed by atoms with Crippen molar-refractivity contribution < 1.29 is 13.9 Å². The summed E-state index contributed by atoms with van der Waals surface area (Å²) in [6.07, 6.45) is 8.18. The summed E-state index contributed by atoms with van der Waals surface area (Å²) in [4.78, 5) is 0. The molecular formula is C28H35FN8O2. The van der Waals surface area contributed by atoms with Crippen LogP contribution in [-0.2, 0) is 4.74 Å². The summed E-state index contributed by atoms with van der Waals surface area (Å²) >= 11 is 0. The standard InChI is InChI=1S/C28H35FN8O2/c1-27(2)13-18(14-28(3,4)34-27)37-26-23(32-35-37)12-22(31-33-26)20-10-21(29)19(11-24(20)38-5)17-15-30-36(16-17)25-8-6-7-9-39-25/h10-12,15-16,18,25,34H,6-9,13-14H2,1-5H3. The SMILES string of the molecule is COc1cc(-c2cnn(C3CCCCO3)c2)c(F)cc1-c1cc2nnn(C3CC(C)(C)NC(C)(C)C3)c2nn1. The second-order valence-corrected chi connectivity index (χ2v) is 12.0. The van der Waals surface area contributed by atoms with Gasteiger partial charge in [-0.1, -0.05) is 5.21 Å². The zero-order valence-electron chi connectivity index (χ0n) is 23.1. The van der Waals surface area contributed by atoms with E-state index in [1.54, 1.807) is 30.1 Å². The van der Waals surface area contributed by atoms with Crippen molar-refractivity contribution in [3.05, 3.63) is 36.4 Å². The Morgan fingerprint density at radius 1 is 1.03 bits per heavy atom. The van der Waals surface area contributed by atoms with E-state index in [1.807, 2.05) is 10.9 Å². The topological polar surface area (TPSA) is 105 Å². The largest absolute Gasteiger partial charge is 0.496 e. The van der Waals surface area contributed by atoms with Crippen molar-refractivity contribution >= 4 is 11.2 Å². The van der Waals surface area contributed by atoms with Gasteiger partial charge in [0, 0.05) is 40.6 Å². The molecule has 39 heavy (non-hydrogen) atoms. The summed E-state index contributed by atoms with van der Waals surface area (Å²) in [5.41, 5.74) is 3.14. The predicted molar refractivity (Wildman–Crippen MR) is 145 cm³/mol. The molecule has 0 amide bonds. The lowest BCUT2D eigenvalue weighted by atomic mass is 9.80. The van der Waals surface area contributed by atoms with Crippen LogP contribution in [0.4, 0.5) is 4.39 Å². The molecule has 1 aromatic carbocycles. The molecule has 11 heteroatoms. The molecule has 2 saturated heterocycles. The van der Waals surface area contributed by atoms with Crippen LogP contribution in [0.1, 0.15) is 72.1 Å². The Hall–Kier alpha value is -3.44. The Labute approximate surface area is 226 Å². The number of benzene rings is 1. The fraction of sp³-hybridized carbons (Fsp3) is 0.536. The summed E-state index contributed by atoms with van der Waals surface area (Å²) in [5, 5.41) is 25.9. The molecule has 1 N–H and O–H groups in total. The summed E-state index contributed by atoms with van der Waals surface area (Å²) < 4.78 is 30.6. The lowest BCUT2D eigenvalue weighted by Crippen LogP contribution is -2.58. The molecule has 6 rings (SSSR count). The van der Waals surface area contributed by atoms with Crippen LogP contribution >= 0.6 is 0 Å². The molecule has 10 nitrogen and oxygen atoms in total. The molecule has 0 radical (unpaired) electrons. The zero-order valence-corrected chi connectivity index (χ0v) is 23.1. The van der Waals surface area contributed by atoms with E-state index in [1.165, 1.54) is 6.07 Å². The fourth-order valence-electron chi connectivity index (χ4n) is 6.28. The lowest BCUT2D eigenvalue weighted by molar-refractivity contribution is -0.0394. The van der Waals surface area contributed by atoms with Gasteiger partial charge in [0.05, 0.1) is 25.0 Å². The number of rotatable bonds is 5. The zero-order chi connectivity index (χ0) is 27.4. The minimum absolute atomic E-state index is 0.0510. The van der Waals surface area contributed by atoms with Gasteiger partial charge in [0.15, 0.2) is 0 Å².